The van der Waals surface area contributed by atoms with Crippen molar-refractivity contribution >= 4 is 27.3 Å². The van der Waals surface area contributed by atoms with Crippen molar-refractivity contribution in [1.29, 1.82) is 0 Å². The number of ether oxygens (including phenoxy) is 1. The largest absolute Gasteiger partial charge is 0.492 e. The van der Waals surface area contributed by atoms with Gasteiger partial charge >= 0.3 is 0 Å². The Kier molecular flexibility index (Phi) is 6.66. The topological polar surface area (TPSA) is 67.5 Å². The SMILES string of the molecule is NCCOc1ccccc1CNC[C@@H](O)c1csc(Br)c1. The summed E-state index contributed by atoms with van der Waals surface area (Å²) in [6.07, 6.45) is -0.510. The number of para-hydroxylation sites is 1. The average molecular weight is 371 g/mol. The zero-order valence-electron chi connectivity index (χ0n) is 11.6. The number of hydrogen-bond acceptors (Lipinski definition) is 5. The van der Waals surface area contributed by atoms with E-state index in [1.54, 1.807) is 11.3 Å². The molecule has 0 amide bonds. The lowest BCUT2D eigenvalue weighted by atomic mass is 10.1. The van der Waals surface area contributed by atoms with Gasteiger partial charge in [0.15, 0.2) is 0 Å². The Balaban J connectivity index is 1.85. The van der Waals surface area contributed by atoms with E-state index in [9.17, 15) is 5.11 Å². The Bertz CT molecular complexity index is 562. The molecular formula is C15H19BrN2O2S. The van der Waals surface area contributed by atoms with Crippen LogP contribution in [0.5, 0.6) is 5.75 Å². The third kappa shape index (κ3) is 5.09. The number of aliphatic hydroxyl groups excluding tert-OH is 1. The Morgan fingerprint density at radius 1 is 1.38 bits per heavy atom. The monoisotopic (exact) mass is 370 g/mol. The zero-order chi connectivity index (χ0) is 15.1. The first kappa shape index (κ1) is 16.5. The fraction of sp³-hybridized carbons (Fsp3) is 0.333. The van der Waals surface area contributed by atoms with Gasteiger partial charge in [0.25, 0.3) is 0 Å². The summed E-state index contributed by atoms with van der Waals surface area (Å²) in [6, 6.07) is 9.78. The number of hydrogen-bond donors (Lipinski definition) is 3. The number of halogens is 1. The molecule has 1 aromatic heterocycles. The molecule has 1 aromatic carbocycles. The lowest BCUT2D eigenvalue weighted by Crippen LogP contribution is -2.21. The van der Waals surface area contributed by atoms with Gasteiger partial charge in [-0.2, -0.15) is 0 Å². The smallest absolute Gasteiger partial charge is 0.123 e. The van der Waals surface area contributed by atoms with Crippen molar-refractivity contribution in [1.82, 2.24) is 5.32 Å². The normalized spacial score (nSPS) is 12.3. The van der Waals surface area contributed by atoms with E-state index in [1.807, 2.05) is 35.7 Å². The Labute approximate surface area is 137 Å². The minimum atomic E-state index is -0.510. The maximum Gasteiger partial charge on any atom is 0.123 e. The van der Waals surface area contributed by atoms with E-state index in [4.69, 9.17) is 10.5 Å². The second-order valence-electron chi connectivity index (χ2n) is 4.58. The molecule has 2 aromatic rings. The molecule has 4 nitrogen and oxygen atoms in total. The highest BCUT2D eigenvalue weighted by molar-refractivity contribution is 9.11. The van der Waals surface area contributed by atoms with Gasteiger partial charge in [-0.15, -0.1) is 11.3 Å². The van der Waals surface area contributed by atoms with Gasteiger partial charge in [0, 0.05) is 25.2 Å². The van der Waals surface area contributed by atoms with Crippen LogP contribution in [0, 0.1) is 0 Å². The van der Waals surface area contributed by atoms with Crippen molar-refractivity contribution in [3.63, 3.8) is 0 Å². The first-order valence-electron chi connectivity index (χ1n) is 6.74. The molecule has 114 valence electrons. The van der Waals surface area contributed by atoms with Crippen LogP contribution in [-0.4, -0.2) is 24.8 Å². The summed E-state index contributed by atoms with van der Waals surface area (Å²) >= 11 is 4.97. The van der Waals surface area contributed by atoms with Crippen molar-refractivity contribution in [3.8, 4) is 5.75 Å². The zero-order valence-corrected chi connectivity index (χ0v) is 14.0. The minimum absolute atomic E-state index is 0.494. The first-order chi connectivity index (χ1) is 10.2. The molecule has 0 saturated heterocycles. The highest BCUT2D eigenvalue weighted by atomic mass is 79.9. The Morgan fingerprint density at radius 3 is 2.90 bits per heavy atom. The van der Waals surface area contributed by atoms with E-state index < -0.39 is 6.10 Å². The summed E-state index contributed by atoms with van der Waals surface area (Å²) in [6.45, 7) is 2.13. The predicted molar refractivity (Wildman–Crippen MR) is 89.7 cm³/mol. The molecule has 0 unspecified atom stereocenters. The van der Waals surface area contributed by atoms with Crippen molar-refractivity contribution < 1.29 is 9.84 Å². The maximum atomic E-state index is 10.1. The van der Waals surface area contributed by atoms with E-state index in [-0.39, 0.29) is 0 Å². The number of nitrogens with one attached hydrogen (secondary N) is 1. The van der Waals surface area contributed by atoms with Gasteiger partial charge in [-0.05, 0) is 39.0 Å². The van der Waals surface area contributed by atoms with Crippen LogP contribution in [0.3, 0.4) is 0 Å². The van der Waals surface area contributed by atoms with Gasteiger partial charge in [0.05, 0.1) is 9.89 Å². The first-order valence-corrected chi connectivity index (χ1v) is 8.41. The van der Waals surface area contributed by atoms with Crippen molar-refractivity contribution in [3.05, 3.63) is 50.6 Å². The number of rotatable bonds is 8. The maximum absolute atomic E-state index is 10.1. The van der Waals surface area contributed by atoms with Crippen LogP contribution in [0.4, 0.5) is 0 Å². The molecule has 0 aliphatic carbocycles. The number of aliphatic hydroxyl groups is 1. The van der Waals surface area contributed by atoms with E-state index >= 15 is 0 Å². The summed E-state index contributed by atoms with van der Waals surface area (Å²) < 4.78 is 6.62. The van der Waals surface area contributed by atoms with Crippen LogP contribution in [0.15, 0.2) is 39.5 Å². The third-order valence-corrected chi connectivity index (χ3v) is 4.50. The number of thiophene rings is 1. The summed E-state index contributed by atoms with van der Waals surface area (Å²) in [5, 5.41) is 15.3. The second-order valence-corrected chi connectivity index (χ2v) is 6.87. The highest BCUT2D eigenvalue weighted by Gasteiger charge is 2.10. The van der Waals surface area contributed by atoms with Crippen molar-refractivity contribution in [2.24, 2.45) is 5.73 Å². The molecular weight excluding hydrogens is 352 g/mol. The minimum Gasteiger partial charge on any atom is -0.492 e. The van der Waals surface area contributed by atoms with E-state index in [1.165, 1.54) is 0 Å². The second kappa shape index (κ2) is 8.51. The Morgan fingerprint density at radius 2 is 2.19 bits per heavy atom. The average Bonchev–Trinajstić information content (AvgIpc) is 2.93. The van der Waals surface area contributed by atoms with Crippen LogP contribution in [-0.2, 0) is 6.54 Å². The van der Waals surface area contributed by atoms with Gasteiger partial charge in [-0.25, -0.2) is 0 Å². The number of nitrogens with two attached hydrogens (primary N) is 1. The van der Waals surface area contributed by atoms with Crippen LogP contribution < -0.4 is 15.8 Å². The lowest BCUT2D eigenvalue weighted by Gasteiger charge is -2.13. The molecule has 6 heteroatoms. The van der Waals surface area contributed by atoms with Crippen LogP contribution in [0.1, 0.15) is 17.2 Å². The summed E-state index contributed by atoms with van der Waals surface area (Å²) in [5.41, 5.74) is 7.44. The molecule has 0 aliphatic heterocycles. The third-order valence-electron chi connectivity index (χ3n) is 2.97. The summed E-state index contributed by atoms with van der Waals surface area (Å²) in [5.74, 6) is 0.836. The quantitative estimate of drug-likeness (QED) is 0.668. The van der Waals surface area contributed by atoms with E-state index in [0.29, 0.717) is 26.2 Å². The standard InChI is InChI=1S/C15H19BrN2O2S/c16-15-7-12(10-21-15)13(19)9-18-8-11-3-1-2-4-14(11)20-6-5-17/h1-4,7,10,13,18-19H,5-6,8-9,17H2/t13-/m1/s1. The van der Waals surface area contributed by atoms with Gasteiger partial charge in [-0.3, -0.25) is 0 Å². The van der Waals surface area contributed by atoms with Crippen LogP contribution in [0.25, 0.3) is 0 Å². The van der Waals surface area contributed by atoms with Gasteiger partial charge in [0.1, 0.15) is 12.4 Å². The molecule has 2 rings (SSSR count). The van der Waals surface area contributed by atoms with E-state index in [0.717, 1.165) is 20.7 Å². The summed E-state index contributed by atoms with van der Waals surface area (Å²) in [7, 11) is 0. The van der Waals surface area contributed by atoms with Crippen molar-refractivity contribution in [2.75, 3.05) is 19.7 Å². The fourth-order valence-electron chi connectivity index (χ4n) is 1.92. The highest BCUT2D eigenvalue weighted by Crippen LogP contribution is 2.25. The summed E-state index contributed by atoms with van der Waals surface area (Å²) in [4.78, 5) is 0. The molecule has 21 heavy (non-hydrogen) atoms. The molecule has 0 saturated carbocycles. The predicted octanol–water partition coefficient (Wildman–Crippen LogP) is 2.67. The lowest BCUT2D eigenvalue weighted by molar-refractivity contribution is 0.174. The van der Waals surface area contributed by atoms with Crippen molar-refractivity contribution in [2.45, 2.75) is 12.6 Å². The molecule has 0 spiro atoms. The van der Waals surface area contributed by atoms with Crippen LogP contribution in [0.2, 0.25) is 0 Å². The number of benzene rings is 1. The molecule has 0 radical (unpaired) electrons. The molecule has 1 atom stereocenters. The Hall–Kier alpha value is -0.920. The van der Waals surface area contributed by atoms with Gasteiger partial charge in [-0.1, -0.05) is 18.2 Å². The molecule has 0 fully saturated rings. The van der Waals surface area contributed by atoms with Crippen LogP contribution >= 0.6 is 27.3 Å². The molecule has 4 N–H and O–H groups in total. The molecule has 0 aliphatic rings. The van der Waals surface area contributed by atoms with Gasteiger partial charge in [0.2, 0.25) is 0 Å². The van der Waals surface area contributed by atoms with E-state index in [2.05, 4.69) is 21.2 Å². The van der Waals surface area contributed by atoms with Gasteiger partial charge < -0.3 is 20.9 Å². The molecule has 0 bridgehead atoms. The fourth-order valence-corrected chi connectivity index (χ4v) is 3.14. The molecule has 1 heterocycles.